The minimum atomic E-state index is 0.671. The van der Waals surface area contributed by atoms with Crippen molar-refractivity contribution in [3.05, 3.63) is 72.3 Å². The fourth-order valence-electron chi connectivity index (χ4n) is 3.21. The first-order valence-corrected chi connectivity index (χ1v) is 9.01. The molecule has 0 saturated heterocycles. The van der Waals surface area contributed by atoms with Gasteiger partial charge in [0.25, 0.3) is 0 Å². The second-order valence-corrected chi connectivity index (χ2v) is 6.50. The third-order valence-electron chi connectivity index (χ3n) is 4.64. The predicted octanol–water partition coefficient (Wildman–Crippen LogP) is 5.37. The molecule has 0 unspecified atom stereocenters. The molecule has 0 spiro atoms. The number of hydrogen-bond acceptors (Lipinski definition) is 5. The first-order chi connectivity index (χ1) is 13.7. The summed E-state index contributed by atoms with van der Waals surface area (Å²) in [6.45, 7) is 2.07. The van der Waals surface area contributed by atoms with Gasteiger partial charge in [0.1, 0.15) is 17.2 Å². The maximum Gasteiger partial charge on any atom is 0.161 e. The van der Waals surface area contributed by atoms with E-state index in [1.165, 1.54) is 0 Å². The van der Waals surface area contributed by atoms with Crippen molar-refractivity contribution in [2.45, 2.75) is 6.92 Å². The van der Waals surface area contributed by atoms with E-state index < -0.39 is 0 Å². The number of nitrogens with zero attached hydrogens (tertiary/aromatic N) is 2. The number of nitrogens with one attached hydrogen (secondary N) is 1. The molecular weight excluding hydrogens is 350 g/mol. The molecule has 4 aromatic rings. The van der Waals surface area contributed by atoms with Gasteiger partial charge in [0.2, 0.25) is 0 Å². The normalized spacial score (nSPS) is 10.7. The lowest BCUT2D eigenvalue weighted by atomic mass is 10.0. The van der Waals surface area contributed by atoms with Gasteiger partial charge in [-0.2, -0.15) is 0 Å². The SMILES string of the molecule is COc1ccc(OC)c(Nc2nnc(-c3ccccc3)c3ccc(C)cc23)c1. The van der Waals surface area contributed by atoms with Crippen molar-refractivity contribution in [2.75, 3.05) is 19.5 Å². The molecule has 5 heteroatoms. The molecule has 1 N–H and O–H groups in total. The lowest BCUT2D eigenvalue weighted by Crippen LogP contribution is -2.01. The zero-order chi connectivity index (χ0) is 19.5. The third kappa shape index (κ3) is 3.34. The Morgan fingerprint density at radius 1 is 0.786 bits per heavy atom. The van der Waals surface area contributed by atoms with Crippen LogP contribution in [0.5, 0.6) is 11.5 Å². The molecule has 0 saturated carbocycles. The molecule has 0 aliphatic heterocycles. The molecule has 4 rings (SSSR count). The van der Waals surface area contributed by atoms with Crippen LogP contribution < -0.4 is 14.8 Å². The topological polar surface area (TPSA) is 56.3 Å². The number of benzene rings is 3. The summed E-state index contributed by atoms with van der Waals surface area (Å²) in [7, 11) is 3.28. The van der Waals surface area contributed by atoms with E-state index >= 15 is 0 Å². The average Bonchev–Trinajstić information content (AvgIpc) is 2.74. The summed E-state index contributed by atoms with van der Waals surface area (Å²) in [5, 5.41) is 14.4. The molecule has 28 heavy (non-hydrogen) atoms. The fourth-order valence-corrected chi connectivity index (χ4v) is 3.21. The summed E-state index contributed by atoms with van der Waals surface area (Å²) in [6.07, 6.45) is 0. The highest BCUT2D eigenvalue weighted by Crippen LogP contribution is 2.35. The molecule has 0 fully saturated rings. The number of methoxy groups -OCH3 is 2. The van der Waals surface area contributed by atoms with Gasteiger partial charge in [-0.1, -0.05) is 48.0 Å². The maximum absolute atomic E-state index is 5.48. The number of aromatic nitrogens is 2. The monoisotopic (exact) mass is 371 g/mol. The average molecular weight is 371 g/mol. The molecular formula is C23H21N3O2. The zero-order valence-electron chi connectivity index (χ0n) is 16.1. The number of aryl methyl sites for hydroxylation is 1. The van der Waals surface area contributed by atoms with E-state index in [0.29, 0.717) is 11.6 Å². The first-order valence-electron chi connectivity index (χ1n) is 9.01. The van der Waals surface area contributed by atoms with E-state index in [9.17, 15) is 0 Å². The molecule has 3 aromatic carbocycles. The van der Waals surface area contributed by atoms with Crippen LogP contribution in [0.1, 0.15) is 5.56 Å². The second kappa shape index (κ2) is 7.56. The lowest BCUT2D eigenvalue weighted by Gasteiger charge is -2.15. The van der Waals surface area contributed by atoms with Crippen LogP contribution in [0.25, 0.3) is 22.0 Å². The van der Waals surface area contributed by atoms with E-state index in [1.54, 1.807) is 14.2 Å². The van der Waals surface area contributed by atoms with Crippen molar-refractivity contribution < 1.29 is 9.47 Å². The van der Waals surface area contributed by atoms with Gasteiger partial charge >= 0.3 is 0 Å². The highest BCUT2D eigenvalue weighted by atomic mass is 16.5. The number of hydrogen-bond donors (Lipinski definition) is 1. The Labute approximate surface area is 164 Å². The Morgan fingerprint density at radius 3 is 2.36 bits per heavy atom. The van der Waals surface area contributed by atoms with Crippen LogP contribution in [0.3, 0.4) is 0 Å². The second-order valence-electron chi connectivity index (χ2n) is 6.50. The van der Waals surface area contributed by atoms with Crippen molar-refractivity contribution >= 4 is 22.3 Å². The van der Waals surface area contributed by atoms with Crippen LogP contribution in [0.15, 0.2) is 66.7 Å². The summed E-state index contributed by atoms with van der Waals surface area (Å²) in [6, 6.07) is 22.0. The summed E-state index contributed by atoms with van der Waals surface area (Å²) >= 11 is 0. The molecule has 0 atom stereocenters. The first kappa shape index (κ1) is 17.8. The number of ether oxygens (including phenoxy) is 2. The number of anilines is 2. The number of fused-ring (bicyclic) bond motifs is 1. The van der Waals surface area contributed by atoms with Gasteiger partial charge in [-0.15, -0.1) is 10.2 Å². The van der Waals surface area contributed by atoms with Gasteiger partial charge < -0.3 is 14.8 Å². The summed E-state index contributed by atoms with van der Waals surface area (Å²) in [4.78, 5) is 0. The van der Waals surface area contributed by atoms with Crippen LogP contribution in [-0.2, 0) is 0 Å². The Balaban J connectivity index is 1.86. The molecule has 140 valence electrons. The Bertz CT molecular complexity index is 1130. The van der Waals surface area contributed by atoms with Gasteiger partial charge in [-0.25, -0.2) is 0 Å². The minimum absolute atomic E-state index is 0.671. The highest BCUT2D eigenvalue weighted by molar-refractivity contribution is 6.01. The lowest BCUT2D eigenvalue weighted by molar-refractivity contribution is 0.405. The molecule has 0 radical (unpaired) electrons. The molecule has 0 aliphatic carbocycles. The van der Waals surface area contributed by atoms with E-state index in [2.05, 4.69) is 40.6 Å². The van der Waals surface area contributed by atoms with Gasteiger partial charge in [-0.05, 0) is 25.1 Å². The summed E-state index contributed by atoms with van der Waals surface area (Å²) in [5.41, 5.74) is 3.82. The summed E-state index contributed by atoms with van der Waals surface area (Å²) < 4.78 is 10.8. The van der Waals surface area contributed by atoms with Crippen LogP contribution in [0.4, 0.5) is 11.5 Å². The standard InChI is InChI=1S/C23H21N3O2/c1-15-9-11-18-19(13-15)23(26-25-22(18)16-7-5-4-6-8-16)24-20-14-17(27-2)10-12-21(20)28-3/h4-14H,1-3H3,(H,24,26). The van der Waals surface area contributed by atoms with Gasteiger partial charge in [0.05, 0.1) is 19.9 Å². The molecule has 5 nitrogen and oxygen atoms in total. The van der Waals surface area contributed by atoms with Crippen molar-refractivity contribution in [3.8, 4) is 22.8 Å². The van der Waals surface area contributed by atoms with Gasteiger partial charge in [-0.3, -0.25) is 0 Å². The van der Waals surface area contributed by atoms with E-state index in [4.69, 9.17) is 9.47 Å². The van der Waals surface area contributed by atoms with E-state index in [1.807, 2.05) is 48.5 Å². The van der Waals surface area contributed by atoms with Crippen LogP contribution in [0.2, 0.25) is 0 Å². The third-order valence-corrected chi connectivity index (χ3v) is 4.64. The predicted molar refractivity (Wildman–Crippen MR) is 113 cm³/mol. The van der Waals surface area contributed by atoms with E-state index in [0.717, 1.165) is 39.0 Å². The quantitative estimate of drug-likeness (QED) is 0.511. The van der Waals surface area contributed by atoms with Gasteiger partial charge in [0, 0.05) is 22.4 Å². The smallest absolute Gasteiger partial charge is 0.161 e. The molecule has 0 aliphatic rings. The van der Waals surface area contributed by atoms with Crippen molar-refractivity contribution in [1.29, 1.82) is 0 Å². The molecule has 1 aromatic heterocycles. The fraction of sp³-hybridized carbons (Fsp3) is 0.130. The highest BCUT2D eigenvalue weighted by Gasteiger charge is 2.13. The Morgan fingerprint density at radius 2 is 1.61 bits per heavy atom. The van der Waals surface area contributed by atoms with Gasteiger partial charge in [0.15, 0.2) is 5.82 Å². The largest absolute Gasteiger partial charge is 0.497 e. The molecule has 1 heterocycles. The number of rotatable bonds is 5. The van der Waals surface area contributed by atoms with Crippen molar-refractivity contribution in [1.82, 2.24) is 10.2 Å². The van der Waals surface area contributed by atoms with Crippen LogP contribution in [-0.4, -0.2) is 24.4 Å². The molecule has 0 amide bonds. The Kier molecular flexibility index (Phi) is 4.81. The zero-order valence-corrected chi connectivity index (χ0v) is 16.1. The van der Waals surface area contributed by atoms with Crippen molar-refractivity contribution in [2.24, 2.45) is 0 Å². The Hall–Kier alpha value is -3.60. The summed E-state index contributed by atoms with van der Waals surface area (Å²) in [5.74, 6) is 2.11. The minimum Gasteiger partial charge on any atom is -0.497 e. The van der Waals surface area contributed by atoms with Crippen molar-refractivity contribution in [3.63, 3.8) is 0 Å². The van der Waals surface area contributed by atoms with Crippen LogP contribution >= 0.6 is 0 Å². The maximum atomic E-state index is 5.48. The van der Waals surface area contributed by atoms with E-state index in [-0.39, 0.29) is 0 Å². The van der Waals surface area contributed by atoms with Crippen LogP contribution in [0, 0.1) is 6.92 Å². The molecule has 0 bridgehead atoms.